The zero-order valence-corrected chi connectivity index (χ0v) is 11.3. The predicted molar refractivity (Wildman–Crippen MR) is 73.6 cm³/mol. The lowest BCUT2D eigenvalue weighted by Gasteiger charge is -2.06. The van der Waals surface area contributed by atoms with Gasteiger partial charge in [-0.3, -0.25) is 15.4 Å². The molecular weight excluding hydrogens is 283 g/mol. The SMILES string of the molecule is CCn1nnc(NC(=S)NC(=O)c2ccccc2F)n1. The van der Waals surface area contributed by atoms with Crippen molar-refractivity contribution in [1.82, 2.24) is 25.5 Å². The Morgan fingerprint density at radius 1 is 1.45 bits per heavy atom. The highest BCUT2D eigenvalue weighted by Gasteiger charge is 2.13. The van der Waals surface area contributed by atoms with E-state index in [4.69, 9.17) is 12.2 Å². The van der Waals surface area contributed by atoms with Crippen molar-refractivity contribution >= 4 is 29.2 Å². The molecule has 0 bridgehead atoms. The van der Waals surface area contributed by atoms with Gasteiger partial charge in [0.25, 0.3) is 11.9 Å². The summed E-state index contributed by atoms with van der Waals surface area (Å²) >= 11 is 4.92. The molecule has 104 valence electrons. The molecule has 0 atom stereocenters. The Hall–Kier alpha value is -2.42. The maximum Gasteiger partial charge on any atom is 0.269 e. The molecule has 0 aliphatic carbocycles. The summed E-state index contributed by atoms with van der Waals surface area (Å²) in [5.74, 6) is -1.11. The van der Waals surface area contributed by atoms with Crippen LogP contribution in [-0.4, -0.2) is 31.2 Å². The molecule has 0 saturated carbocycles. The fourth-order valence-corrected chi connectivity index (χ4v) is 1.56. The lowest BCUT2D eigenvalue weighted by atomic mass is 10.2. The second-order valence-corrected chi connectivity index (χ2v) is 4.10. The van der Waals surface area contributed by atoms with E-state index in [-0.39, 0.29) is 16.6 Å². The number of carbonyl (C=O) groups excluding carboxylic acids is 1. The Morgan fingerprint density at radius 2 is 2.20 bits per heavy atom. The number of hydrogen-bond acceptors (Lipinski definition) is 5. The van der Waals surface area contributed by atoms with Crippen molar-refractivity contribution in [2.45, 2.75) is 13.5 Å². The summed E-state index contributed by atoms with van der Waals surface area (Å²) in [6, 6.07) is 5.61. The number of aryl methyl sites for hydroxylation is 1. The predicted octanol–water partition coefficient (Wildman–Crippen LogP) is 0.959. The van der Waals surface area contributed by atoms with Gasteiger partial charge in [0.05, 0.1) is 12.1 Å². The van der Waals surface area contributed by atoms with E-state index in [0.717, 1.165) is 0 Å². The number of nitrogens with one attached hydrogen (secondary N) is 2. The van der Waals surface area contributed by atoms with Gasteiger partial charge in [-0.05, 0) is 36.5 Å². The van der Waals surface area contributed by atoms with Crippen LogP contribution in [0.4, 0.5) is 10.3 Å². The monoisotopic (exact) mass is 294 g/mol. The van der Waals surface area contributed by atoms with Crippen molar-refractivity contribution in [3.63, 3.8) is 0 Å². The van der Waals surface area contributed by atoms with Crippen LogP contribution in [0.25, 0.3) is 0 Å². The molecule has 2 aromatic rings. The van der Waals surface area contributed by atoms with Gasteiger partial charge in [-0.15, -0.1) is 5.10 Å². The molecule has 0 fully saturated rings. The Balaban J connectivity index is 1.98. The first-order valence-electron chi connectivity index (χ1n) is 5.75. The second kappa shape index (κ2) is 6.15. The number of amides is 1. The number of hydrogen-bond donors (Lipinski definition) is 2. The zero-order valence-electron chi connectivity index (χ0n) is 10.5. The van der Waals surface area contributed by atoms with E-state index in [1.165, 1.54) is 23.0 Å². The molecule has 1 aromatic heterocycles. The third-order valence-electron chi connectivity index (χ3n) is 2.31. The van der Waals surface area contributed by atoms with Gasteiger partial charge in [-0.1, -0.05) is 17.2 Å². The topological polar surface area (TPSA) is 84.7 Å². The molecule has 2 rings (SSSR count). The van der Waals surface area contributed by atoms with Crippen molar-refractivity contribution in [3.05, 3.63) is 35.6 Å². The van der Waals surface area contributed by atoms with Crippen molar-refractivity contribution in [3.8, 4) is 0 Å². The minimum atomic E-state index is -0.650. The van der Waals surface area contributed by atoms with Crippen molar-refractivity contribution < 1.29 is 9.18 Å². The number of rotatable bonds is 3. The van der Waals surface area contributed by atoms with Gasteiger partial charge in [0.2, 0.25) is 0 Å². The van der Waals surface area contributed by atoms with Gasteiger partial charge < -0.3 is 0 Å². The number of aromatic nitrogens is 4. The van der Waals surface area contributed by atoms with E-state index in [1.807, 2.05) is 6.92 Å². The zero-order chi connectivity index (χ0) is 14.5. The van der Waals surface area contributed by atoms with Crippen LogP contribution in [0.1, 0.15) is 17.3 Å². The van der Waals surface area contributed by atoms with E-state index in [2.05, 4.69) is 26.0 Å². The number of halogens is 1. The molecule has 0 aliphatic rings. The van der Waals surface area contributed by atoms with E-state index in [9.17, 15) is 9.18 Å². The molecule has 20 heavy (non-hydrogen) atoms. The van der Waals surface area contributed by atoms with Crippen LogP contribution in [0.15, 0.2) is 24.3 Å². The quantitative estimate of drug-likeness (QED) is 0.820. The number of anilines is 1. The van der Waals surface area contributed by atoms with Crippen molar-refractivity contribution in [1.29, 1.82) is 0 Å². The van der Waals surface area contributed by atoms with E-state index in [1.54, 1.807) is 6.07 Å². The van der Waals surface area contributed by atoms with Gasteiger partial charge >= 0.3 is 0 Å². The second-order valence-electron chi connectivity index (χ2n) is 3.69. The van der Waals surface area contributed by atoms with Crippen LogP contribution in [0.2, 0.25) is 0 Å². The van der Waals surface area contributed by atoms with Crippen molar-refractivity contribution in [2.24, 2.45) is 0 Å². The van der Waals surface area contributed by atoms with Crippen molar-refractivity contribution in [2.75, 3.05) is 5.32 Å². The fraction of sp³-hybridized carbons (Fsp3) is 0.182. The Morgan fingerprint density at radius 3 is 2.85 bits per heavy atom. The molecule has 1 heterocycles. The van der Waals surface area contributed by atoms with Crippen LogP contribution in [0, 0.1) is 5.82 Å². The fourth-order valence-electron chi connectivity index (χ4n) is 1.38. The maximum atomic E-state index is 13.4. The first kappa shape index (κ1) is 14.0. The summed E-state index contributed by atoms with van der Waals surface area (Å²) in [6.45, 7) is 2.41. The molecule has 9 heteroatoms. The molecule has 2 N–H and O–H groups in total. The Bertz CT molecular complexity index is 643. The van der Waals surface area contributed by atoms with E-state index in [0.29, 0.717) is 6.54 Å². The average molecular weight is 294 g/mol. The van der Waals surface area contributed by atoms with Gasteiger partial charge in [-0.25, -0.2) is 4.39 Å². The van der Waals surface area contributed by atoms with Crippen LogP contribution < -0.4 is 10.6 Å². The number of benzene rings is 1. The smallest absolute Gasteiger partial charge is 0.269 e. The number of carbonyl (C=O) groups is 1. The lowest BCUT2D eigenvalue weighted by molar-refractivity contribution is 0.0974. The Kier molecular flexibility index (Phi) is 4.31. The Labute approximate surface area is 119 Å². The first-order chi connectivity index (χ1) is 9.60. The van der Waals surface area contributed by atoms with Gasteiger partial charge in [0, 0.05) is 0 Å². The van der Waals surface area contributed by atoms with Gasteiger partial charge in [0.15, 0.2) is 5.11 Å². The number of tetrazole rings is 1. The van der Waals surface area contributed by atoms with E-state index < -0.39 is 11.7 Å². The highest BCUT2D eigenvalue weighted by atomic mass is 32.1. The lowest BCUT2D eigenvalue weighted by Crippen LogP contribution is -2.34. The normalized spacial score (nSPS) is 10.1. The summed E-state index contributed by atoms with van der Waals surface area (Å²) in [5, 5.41) is 16.2. The third kappa shape index (κ3) is 3.32. The summed E-state index contributed by atoms with van der Waals surface area (Å²) in [4.78, 5) is 13.1. The largest absolute Gasteiger partial charge is 0.299 e. The number of thiocarbonyl (C=S) groups is 1. The minimum absolute atomic E-state index is 0.0334. The van der Waals surface area contributed by atoms with Gasteiger partial charge in [-0.2, -0.15) is 4.80 Å². The first-order valence-corrected chi connectivity index (χ1v) is 6.15. The summed E-state index contributed by atoms with van der Waals surface area (Å²) in [6.07, 6.45) is 0. The standard InChI is InChI=1S/C11H11FN6OS/c1-2-18-16-10(15-17-18)14-11(20)13-9(19)7-5-3-4-6-8(7)12/h3-6H,2H2,1H3,(H2,13,14,16,19,20). The molecule has 1 aromatic carbocycles. The van der Waals surface area contributed by atoms with E-state index >= 15 is 0 Å². The molecule has 0 spiro atoms. The molecule has 1 amide bonds. The highest BCUT2D eigenvalue weighted by molar-refractivity contribution is 7.80. The summed E-state index contributed by atoms with van der Waals surface area (Å²) < 4.78 is 13.4. The average Bonchev–Trinajstić information content (AvgIpc) is 2.86. The van der Waals surface area contributed by atoms with Crippen LogP contribution in [0.5, 0.6) is 0 Å². The van der Waals surface area contributed by atoms with Crippen LogP contribution in [0.3, 0.4) is 0 Å². The minimum Gasteiger partial charge on any atom is -0.299 e. The highest BCUT2D eigenvalue weighted by Crippen LogP contribution is 2.05. The molecule has 7 nitrogen and oxygen atoms in total. The van der Waals surface area contributed by atoms with Crippen LogP contribution >= 0.6 is 12.2 Å². The number of nitrogens with zero attached hydrogens (tertiary/aromatic N) is 4. The van der Waals surface area contributed by atoms with Crippen LogP contribution in [-0.2, 0) is 6.54 Å². The maximum absolute atomic E-state index is 13.4. The molecule has 0 saturated heterocycles. The molecule has 0 unspecified atom stereocenters. The summed E-state index contributed by atoms with van der Waals surface area (Å²) in [7, 11) is 0. The molecule has 0 aliphatic heterocycles. The molecular formula is C11H11FN6OS. The van der Waals surface area contributed by atoms with Gasteiger partial charge in [0.1, 0.15) is 5.82 Å². The molecule has 0 radical (unpaired) electrons. The third-order valence-corrected chi connectivity index (χ3v) is 2.51. The summed E-state index contributed by atoms with van der Waals surface area (Å²) in [5.41, 5.74) is -0.0955.